The van der Waals surface area contributed by atoms with Crippen LogP contribution in [0.3, 0.4) is 0 Å². The van der Waals surface area contributed by atoms with Gasteiger partial charge in [-0.25, -0.2) is 12.8 Å². The molecule has 0 aliphatic heterocycles. The molecule has 1 unspecified atom stereocenters. The molecule has 0 aromatic heterocycles. The van der Waals surface area contributed by atoms with Crippen molar-refractivity contribution in [1.82, 2.24) is 9.62 Å². The molecule has 2 aromatic carbocycles. The molecule has 146 valence electrons. The maximum absolute atomic E-state index is 13.1. The largest absolute Gasteiger partial charge is 0.345 e. The van der Waals surface area contributed by atoms with Gasteiger partial charge in [0.2, 0.25) is 10.0 Å². The smallest absolute Gasteiger partial charge is 0.253 e. The average Bonchev–Trinajstić information content (AvgIpc) is 2.62. The fourth-order valence-electron chi connectivity index (χ4n) is 2.67. The van der Waals surface area contributed by atoms with Gasteiger partial charge in [-0.1, -0.05) is 37.6 Å². The third kappa shape index (κ3) is 4.86. The van der Waals surface area contributed by atoms with Crippen molar-refractivity contribution in [3.05, 3.63) is 64.4 Å². The standard InChI is InChI=1S/C19H22ClFN2O3S/c1-4-23(5-2)27(25,26)16-9-6-14(7-10-16)13(3)22-19(24)17-11-8-15(21)12-18(17)20/h6-13H,4-5H2,1-3H3,(H,22,24). The van der Waals surface area contributed by atoms with Gasteiger partial charge in [0.05, 0.1) is 21.5 Å². The van der Waals surface area contributed by atoms with Gasteiger partial charge < -0.3 is 5.32 Å². The van der Waals surface area contributed by atoms with E-state index in [1.165, 1.54) is 28.6 Å². The summed E-state index contributed by atoms with van der Waals surface area (Å²) < 4.78 is 39.5. The quantitative estimate of drug-likeness (QED) is 0.747. The van der Waals surface area contributed by atoms with Gasteiger partial charge in [-0.3, -0.25) is 4.79 Å². The summed E-state index contributed by atoms with van der Waals surface area (Å²) in [7, 11) is -3.53. The lowest BCUT2D eigenvalue weighted by Crippen LogP contribution is -2.30. The van der Waals surface area contributed by atoms with Gasteiger partial charge in [0, 0.05) is 13.1 Å². The van der Waals surface area contributed by atoms with E-state index in [1.54, 1.807) is 32.9 Å². The monoisotopic (exact) mass is 412 g/mol. The molecule has 27 heavy (non-hydrogen) atoms. The van der Waals surface area contributed by atoms with Crippen LogP contribution in [0, 0.1) is 5.82 Å². The van der Waals surface area contributed by atoms with E-state index in [1.807, 2.05) is 0 Å². The number of carbonyl (C=O) groups is 1. The molecule has 0 spiro atoms. The Morgan fingerprint density at radius 2 is 1.74 bits per heavy atom. The van der Waals surface area contributed by atoms with Crippen LogP contribution in [0.15, 0.2) is 47.4 Å². The first-order valence-electron chi connectivity index (χ1n) is 8.56. The van der Waals surface area contributed by atoms with Gasteiger partial charge in [-0.05, 0) is 42.8 Å². The zero-order valence-electron chi connectivity index (χ0n) is 15.4. The minimum atomic E-state index is -3.53. The number of halogens is 2. The number of benzene rings is 2. The molecule has 0 aliphatic rings. The highest BCUT2D eigenvalue weighted by Crippen LogP contribution is 2.21. The van der Waals surface area contributed by atoms with Crippen molar-refractivity contribution < 1.29 is 17.6 Å². The highest BCUT2D eigenvalue weighted by molar-refractivity contribution is 7.89. The van der Waals surface area contributed by atoms with E-state index in [-0.39, 0.29) is 21.5 Å². The second-order valence-electron chi connectivity index (χ2n) is 5.98. The van der Waals surface area contributed by atoms with Crippen LogP contribution in [0.4, 0.5) is 4.39 Å². The normalized spacial score (nSPS) is 12.8. The Morgan fingerprint density at radius 3 is 2.26 bits per heavy atom. The molecule has 0 bridgehead atoms. The molecule has 0 saturated carbocycles. The zero-order valence-corrected chi connectivity index (χ0v) is 16.9. The first-order valence-corrected chi connectivity index (χ1v) is 10.4. The Kier molecular flexibility index (Phi) is 6.97. The van der Waals surface area contributed by atoms with Gasteiger partial charge in [-0.15, -0.1) is 0 Å². The number of hydrogen-bond acceptors (Lipinski definition) is 3. The fourth-order valence-corrected chi connectivity index (χ4v) is 4.38. The third-order valence-corrected chi connectivity index (χ3v) is 6.62. The first kappa shape index (κ1) is 21.3. The Balaban J connectivity index is 2.16. The van der Waals surface area contributed by atoms with Gasteiger partial charge in [0.15, 0.2) is 0 Å². The van der Waals surface area contributed by atoms with Crippen molar-refractivity contribution in [3.63, 3.8) is 0 Å². The van der Waals surface area contributed by atoms with Crippen LogP contribution >= 0.6 is 11.6 Å². The third-order valence-electron chi connectivity index (χ3n) is 4.25. The lowest BCUT2D eigenvalue weighted by atomic mass is 10.1. The molecule has 8 heteroatoms. The molecule has 0 heterocycles. The van der Waals surface area contributed by atoms with Crippen molar-refractivity contribution in [2.24, 2.45) is 0 Å². The summed E-state index contributed by atoms with van der Waals surface area (Å²) in [5, 5.41) is 2.80. The van der Waals surface area contributed by atoms with Crippen molar-refractivity contribution in [1.29, 1.82) is 0 Å². The minimum Gasteiger partial charge on any atom is -0.345 e. The lowest BCUT2D eigenvalue weighted by Gasteiger charge is -2.19. The molecule has 1 amide bonds. The van der Waals surface area contributed by atoms with Crippen LogP contribution in [0.25, 0.3) is 0 Å². The molecule has 1 N–H and O–H groups in total. The van der Waals surface area contributed by atoms with Crippen molar-refractivity contribution >= 4 is 27.5 Å². The summed E-state index contributed by atoms with van der Waals surface area (Å²) in [6, 6.07) is 9.55. The molecule has 0 aliphatic carbocycles. The van der Waals surface area contributed by atoms with Crippen LogP contribution in [0.1, 0.15) is 42.7 Å². The molecule has 2 aromatic rings. The summed E-state index contributed by atoms with van der Waals surface area (Å²) >= 11 is 5.91. The maximum Gasteiger partial charge on any atom is 0.253 e. The SMILES string of the molecule is CCN(CC)S(=O)(=O)c1ccc(C(C)NC(=O)c2ccc(F)cc2Cl)cc1. The van der Waals surface area contributed by atoms with Crippen molar-refractivity contribution in [2.45, 2.75) is 31.7 Å². The van der Waals surface area contributed by atoms with Crippen LogP contribution < -0.4 is 5.32 Å². The Morgan fingerprint density at radius 1 is 1.15 bits per heavy atom. The van der Waals surface area contributed by atoms with Gasteiger partial charge in [0.1, 0.15) is 5.82 Å². The summed E-state index contributed by atoms with van der Waals surface area (Å²) in [4.78, 5) is 12.5. The van der Waals surface area contributed by atoms with E-state index in [0.717, 1.165) is 11.6 Å². The van der Waals surface area contributed by atoms with E-state index in [4.69, 9.17) is 11.6 Å². The minimum absolute atomic E-state index is 0.0281. The van der Waals surface area contributed by atoms with Crippen LogP contribution in [0.2, 0.25) is 5.02 Å². The topological polar surface area (TPSA) is 66.5 Å². The van der Waals surface area contributed by atoms with E-state index in [9.17, 15) is 17.6 Å². The molecular formula is C19H22ClFN2O3S. The molecule has 5 nitrogen and oxygen atoms in total. The summed E-state index contributed by atoms with van der Waals surface area (Å²) in [6.07, 6.45) is 0. The van der Waals surface area contributed by atoms with E-state index in [0.29, 0.717) is 13.1 Å². The number of nitrogens with one attached hydrogen (secondary N) is 1. The van der Waals surface area contributed by atoms with Gasteiger partial charge in [0.25, 0.3) is 5.91 Å². The number of hydrogen-bond donors (Lipinski definition) is 1. The molecule has 0 fully saturated rings. The van der Waals surface area contributed by atoms with E-state index < -0.39 is 21.7 Å². The second kappa shape index (κ2) is 8.82. The van der Waals surface area contributed by atoms with Gasteiger partial charge >= 0.3 is 0 Å². The van der Waals surface area contributed by atoms with Crippen LogP contribution in [-0.2, 0) is 10.0 Å². The molecule has 1 atom stereocenters. The summed E-state index contributed by atoms with van der Waals surface area (Å²) in [5.74, 6) is -0.957. The first-order chi connectivity index (χ1) is 12.7. The molecule has 0 saturated heterocycles. The average molecular weight is 413 g/mol. The Bertz CT molecular complexity index is 913. The van der Waals surface area contributed by atoms with E-state index in [2.05, 4.69) is 5.32 Å². The summed E-state index contributed by atoms with van der Waals surface area (Å²) in [6.45, 7) is 6.13. The lowest BCUT2D eigenvalue weighted by molar-refractivity contribution is 0.0940. The zero-order chi connectivity index (χ0) is 20.2. The Labute approximate surface area is 164 Å². The van der Waals surface area contributed by atoms with Crippen molar-refractivity contribution in [3.8, 4) is 0 Å². The molecular weight excluding hydrogens is 391 g/mol. The highest BCUT2D eigenvalue weighted by atomic mass is 35.5. The number of nitrogens with zero attached hydrogens (tertiary/aromatic N) is 1. The fraction of sp³-hybridized carbons (Fsp3) is 0.316. The second-order valence-corrected chi connectivity index (χ2v) is 8.32. The summed E-state index contributed by atoms with van der Waals surface area (Å²) in [5.41, 5.74) is 0.908. The molecule has 2 rings (SSSR count). The Hall–Kier alpha value is -1.96. The number of amides is 1. The highest BCUT2D eigenvalue weighted by Gasteiger charge is 2.22. The van der Waals surface area contributed by atoms with Crippen molar-refractivity contribution in [2.75, 3.05) is 13.1 Å². The number of rotatable bonds is 7. The van der Waals surface area contributed by atoms with Crippen LogP contribution in [0.5, 0.6) is 0 Å². The van der Waals surface area contributed by atoms with Crippen LogP contribution in [-0.4, -0.2) is 31.7 Å². The predicted octanol–water partition coefficient (Wildman–Crippen LogP) is 4.00. The molecule has 0 radical (unpaired) electrons. The van der Waals surface area contributed by atoms with Gasteiger partial charge in [-0.2, -0.15) is 4.31 Å². The van der Waals surface area contributed by atoms with E-state index >= 15 is 0 Å². The number of carbonyl (C=O) groups excluding carboxylic acids is 1. The number of sulfonamides is 1. The predicted molar refractivity (Wildman–Crippen MR) is 104 cm³/mol. The maximum atomic E-state index is 13.1.